The highest BCUT2D eigenvalue weighted by molar-refractivity contribution is 7.13. The number of nitrogens with zero attached hydrogens (tertiary/aromatic N) is 1. The van der Waals surface area contributed by atoms with Crippen LogP contribution in [0.25, 0.3) is 27.9 Å². The van der Waals surface area contributed by atoms with E-state index >= 15 is 0 Å². The summed E-state index contributed by atoms with van der Waals surface area (Å²) in [6.45, 7) is 0. The lowest BCUT2D eigenvalue weighted by molar-refractivity contribution is -0.111. The van der Waals surface area contributed by atoms with Crippen LogP contribution in [0.3, 0.4) is 0 Å². The molecule has 0 atom stereocenters. The van der Waals surface area contributed by atoms with Gasteiger partial charge in [0, 0.05) is 28.3 Å². The molecule has 0 bridgehead atoms. The van der Waals surface area contributed by atoms with Gasteiger partial charge in [-0.15, -0.1) is 11.3 Å². The lowest BCUT2D eigenvalue weighted by Gasteiger charge is -2.03. The molecule has 4 rings (SSSR count). The summed E-state index contributed by atoms with van der Waals surface area (Å²) in [5, 5.41) is 5.82. The Bertz CT molecular complexity index is 1130. The fraction of sp³-hybridized carbons (Fsp3) is 0. The van der Waals surface area contributed by atoms with E-state index in [-0.39, 0.29) is 11.7 Å². The molecule has 0 fully saturated rings. The normalized spacial score (nSPS) is 10.9. The van der Waals surface area contributed by atoms with E-state index in [0.717, 1.165) is 27.4 Å². The second-order valence-electron chi connectivity index (χ2n) is 6.36. The summed E-state index contributed by atoms with van der Waals surface area (Å²) in [6.07, 6.45) is 3.07. The van der Waals surface area contributed by atoms with Gasteiger partial charge in [0.2, 0.25) is 5.91 Å². The Morgan fingerprint density at radius 1 is 0.897 bits per heavy atom. The molecular weight excluding hydrogens is 383 g/mol. The van der Waals surface area contributed by atoms with Crippen LogP contribution in [0.1, 0.15) is 5.56 Å². The van der Waals surface area contributed by atoms with E-state index in [1.165, 1.54) is 18.2 Å². The average molecular weight is 400 g/mol. The fourth-order valence-electron chi connectivity index (χ4n) is 2.77. The van der Waals surface area contributed by atoms with Crippen LogP contribution in [0.4, 0.5) is 10.1 Å². The van der Waals surface area contributed by atoms with Crippen molar-refractivity contribution in [2.45, 2.75) is 0 Å². The van der Waals surface area contributed by atoms with Gasteiger partial charge in [-0.25, -0.2) is 9.37 Å². The van der Waals surface area contributed by atoms with E-state index in [2.05, 4.69) is 5.32 Å². The second kappa shape index (κ2) is 8.63. The predicted molar refractivity (Wildman–Crippen MR) is 117 cm³/mol. The number of benzene rings is 3. The topological polar surface area (TPSA) is 42.0 Å². The molecule has 4 aromatic rings. The van der Waals surface area contributed by atoms with Gasteiger partial charge in [0.15, 0.2) is 0 Å². The highest BCUT2D eigenvalue weighted by Gasteiger charge is 2.07. The third-order valence-electron chi connectivity index (χ3n) is 4.27. The van der Waals surface area contributed by atoms with Gasteiger partial charge in [0.1, 0.15) is 10.8 Å². The summed E-state index contributed by atoms with van der Waals surface area (Å²) in [4.78, 5) is 16.8. The van der Waals surface area contributed by atoms with E-state index in [9.17, 15) is 9.18 Å². The number of thiazole rings is 1. The Balaban J connectivity index is 1.41. The van der Waals surface area contributed by atoms with Gasteiger partial charge in [-0.1, -0.05) is 54.6 Å². The number of halogens is 1. The van der Waals surface area contributed by atoms with Crippen LogP contribution >= 0.6 is 11.3 Å². The number of anilines is 1. The molecule has 5 heteroatoms. The lowest BCUT2D eigenvalue weighted by Crippen LogP contribution is -2.07. The molecule has 1 heterocycles. The standard InChI is InChI=1S/C24H17FN2OS/c25-20-11-6-17(7-12-20)8-15-23(28)26-21-13-9-18(10-14-21)22-16-29-24(27-22)19-4-2-1-3-5-19/h1-16H,(H,26,28)/b15-8+. The quantitative estimate of drug-likeness (QED) is 0.401. The van der Waals surface area contributed by atoms with Crippen molar-refractivity contribution in [1.29, 1.82) is 0 Å². The van der Waals surface area contributed by atoms with Crippen molar-refractivity contribution in [3.8, 4) is 21.8 Å². The summed E-state index contributed by atoms with van der Waals surface area (Å²) in [7, 11) is 0. The highest BCUT2D eigenvalue weighted by atomic mass is 32.1. The third kappa shape index (κ3) is 4.83. The van der Waals surface area contributed by atoms with Crippen molar-refractivity contribution < 1.29 is 9.18 Å². The van der Waals surface area contributed by atoms with Crippen molar-refractivity contribution in [3.05, 3.63) is 102 Å². The molecule has 0 saturated carbocycles. The maximum absolute atomic E-state index is 12.9. The minimum atomic E-state index is -0.303. The van der Waals surface area contributed by atoms with Gasteiger partial charge in [0.25, 0.3) is 0 Å². The number of carbonyl (C=O) groups is 1. The van der Waals surface area contributed by atoms with Crippen molar-refractivity contribution in [3.63, 3.8) is 0 Å². The van der Waals surface area contributed by atoms with Gasteiger partial charge in [0.05, 0.1) is 5.69 Å². The highest BCUT2D eigenvalue weighted by Crippen LogP contribution is 2.29. The summed E-state index contributed by atoms with van der Waals surface area (Å²) < 4.78 is 12.9. The van der Waals surface area contributed by atoms with Crippen LogP contribution < -0.4 is 5.32 Å². The van der Waals surface area contributed by atoms with Gasteiger partial charge in [-0.2, -0.15) is 0 Å². The van der Waals surface area contributed by atoms with Gasteiger partial charge >= 0.3 is 0 Å². The number of amides is 1. The summed E-state index contributed by atoms with van der Waals surface area (Å²) in [6, 6.07) is 23.6. The molecule has 0 saturated heterocycles. The molecular formula is C24H17FN2OS. The Morgan fingerprint density at radius 3 is 2.34 bits per heavy atom. The average Bonchev–Trinajstić information content (AvgIpc) is 3.25. The van der Waals surface area contributed by atoms with Crippen molar-refractivity contribution in [1.82, 2.24) is 4.98 Å². The van der Waals surface area contributed by atoms with E-state index < -0.39 is 0 Å². The number of nitrogens with one attached hydrogen (secondary N) is 1. The first kappa shape index (κ1) is 18.8. The molecule has 29 heavy (non-hydrogen) atoms. The zero-order valence-corrected chi connectivity index (χ0v) is 16.2. The summed E-state index contributed by atoms with van der Waals surface area (Å²) >= 11 is 1.60. The molecule has 1 aromatic heterocycles. The van der Waals surface area contributed by atoms with Crippen LogP contribution in [-0.4, -0.2) is 10.9 Å². The minimum Gasteiger partial charge on any atom is -0.323 e. The Kier molecular flexibility index (Phi) is 5.59. The summed E-state index contributed by atoms with van der Waals surface area (Å²) in [5.41, 5.74) is 4.45. The van der Waals surface area contributed by atoms with Crippen molar-refractivity contribution in [2.75, 3.05) is 5.32 Å². The van der Waals surface area contributed by atoms with Crippen LogP contribution in [0, 0.1) is 5.82 Å². The first-order valence-corrected chi connectivity index (χ1v) is 9.91. The molecule has 0 unspecified atom stereocenters. The first-order valence-electron chi connectivity index (χ1n) is 9.03. The smallest absolute Gasteiger partial charge is 0.248 e. The van der Waals surface area contributed by atoms with E-state index in [4.69, 9.17) is 4.98 Å². The molecule has 0 aliphatic heterocycles. The van der Waals surface area contributed by atoms with E-state index in [1.807, 2.05) is 60.0 Å². The number of carbonyl (C=O) groups excluding carboxylic acids is 1. The van der Waals surface area contributed by atoms with Crippen LogP contribution in [0.15, 0.2) is 90.3 Å². The molecule has 3 aromatic carbocycles. The van der Waals surface area contributed by atoms with Gasteiger partial charge < -0.3 is 5.32 Å². The second-order valence-corrected chi connectivity index (χ2v) is 7.21. The van der Waals surface area contributed by atoms with Crippen molar-refractivity contribution >= 4 is 29.0 Å². The molecule has 0 aliphatic carbocycles. The molecule has 1 amide bonds. The van der Waals surface area contributed by atoms with Gasteiger partial charge in [-0.3, -0.25) is 4.79 Å². The number of rotatable bonds is 5. The van der Waals surface area contributed by atoms with Gasteiger partial charge in [-0.05, 0) is 35.9 Å². The molecule has 0 spiro atoms. The first-order chi connectivity index (χ1) is 14.2. The molecule has 0 aliphatic rings. The Labute approximate surface area is 172 Å². The molecule has 0 radical (unpaired) electrons. The largest absolute Gasteiger partial charge is 0.323 e. The maximum atomic E-state index is 12.9. The van der Waals surface area contributed by atoms with E-state index in [1.54, 1.807) is 29.5 Å². The Hall–Kier alpha value is -3.57. The lowest BCUT2D eigenvalue weighted by atomic mass is 10.1. The number of aromatic nitrogens is 1. The SMILES string of the molecule is O=C(/C=C/c1ccc(F)cc1)Nc1ccc(-c2csc(-c3ccccc3)n2)cc1. The monoisotopic (exact) mass is 400 g/mol. The van der Waals surface area contributed by atoms with Crippen LogP contribution in [-0.2, 0) is 4.79 Å². The van der Waals surface area contributed by atoms with E-state index in [0.29, 0.717) is 5.69 Å². The van der Waals surface area contributed by atoms with Crippen molar-refractivity contribution in [2.24, 2.45) is 0 Å². The number of hydrogen-bond donors (Lipinski definition) is 1. The predicted octanol–water partition coefficient (Wildman–Crippen LogP) is 6.27. The zero-order valence-electron chi connectivity index (χ0n) is 15.4. The molecule has 142 valence electrons. The number of hydrogen-bond acceptors (Lipinski definition) is 3. The Morgan fingerprint density at radius 2 is 1.62 bits per heavy atom. The maximum Gasteiger partial charge on any atom is 0.248 e. The van der Waals surface area contributed by atoms with Crippen LogP contribution in [0.5, 0.6) is 0 Å². The van der Waals surface area contributed by atoms with Crippen LogP contribution in [0.2, 0.25) is 0 Å². The summed E-state index contributed by atoms with van der Waals surface area (Å²) in [5.74, 6) is -0.551. The minimum absolute atomic E-state index is 0.248. The third-order valence-corrected chi connectivity index (χ3v) is 5.16. The zero-order chi connectivity index (χ0) is 20.1. The molecule has 1 N–H and O–H groups in total. The molecule has 3 nitrogen and oxygen atoms in total. The fourth-order valence-corrected chi connectivity index (χ4v) is 3.61.